The topological polar surface area (TPSA) is 492 Å². The van der Waals surface area contributed by atoms with Gasteiger partial charge in [0.25, 0.3) is 6.47 Å². The number of thiazole rings is 1. The van der Waals surface area contributed by atoms with Crippen LogP contribution in [0.5, 0.6) is 11.5 Å². The molecular weight excluding hydrogens is 1710 g/mol. The molecule has 10 N–H and O–H groups in total. The van der Waals surface area contributed by atoms with E-state index in [0.29, 0.717) is 77.4 Å². The number of thioether (sulfide) groups is 3. The molecule has 33 nitrogen and oxygen atoms in total. The Labute approximate surface area is 745 Å². The maximum absolute atomic E-state index is 14.8. The molecule has 8 rings (SSSR count). The lowest BCUT2D eigenvalue weighted by molar-refractivity contribution is -0.141. The number of aromatic nitrogens is 2. The smallest absolute Gasteiger partial charge is 0.415 e. The molecule has 6 aromatic rings. The van der Waals surface area contributed by atoms with Crippen molar-refractivity contribution in [3.63, 3.8) is 0 Å². The van der Waals surface area contributed by atoms with E-state index in [1.807, 2.05) is 12.1 Å². The SMILES string of the molecule is CSCC[C@@H](CC(=O)[C@@H](Cc1c[nH]c2ccccc12)NC(=O)CCC(=O)[C@@H](CCSC)NC(=O)[C@H](CC(=O)[C@@H](CC(=O)O)NC(=O)CCOCCOCCN(CCN(C)C(=O)CC(C)(C)C1=C(C)C(=O)C(C)=C(C)C1=O)C(=O)Oc1ccc2nc(C3=NC(OC=O)CS3)sc2c1)Cc1ccc(O)cc1)C(=O)N[C@H](CC(=O)O)C(=O)C[C@H](Cc1ccccc1)C(N)=O. The zero-order chi connectivity index (χ0) is 91.9. The number of nitrogens with two attached hydrogens (primary N) is 1. The summed E-state index contributed by atoms with van der Waals surface area (Å²) in [5.41, 5.74) is 8.94. The Balaban J connectivity index is 0.874. The fourth-order valence-electron chi connectivity index (χ4n) is 14.5. The molecule has 8 atom stereocenters. The second kappa shape index (κ2) is 49.0. The van der Waals surface area contributed by atoms with Crippen molar-refractivity contribution in [3.05, 3.63) is 147 Å². The lowest BCUT2D eigenvalue weighted by Gasteiger charge is -2.33. The summed E-state index contributed by atoms with van der Waals surface area (Å²) in [7, 11) is 1.55. The third-order valence-corrected chi connectivity index (χ3v) is 25.1. The molecule has 1 aliphatic carbocycles. The molecule has 0 saturated heterocycles. The Kier molecular flexibility index (Phi) is 39.0. The van der Waals surface area contributed by atoms with Gasteiger partial charge in [-0.3, -0.25) is 71.9 Å². The molecule has 2 aliphatic rings. The number of aromatic amines is 1. The number of para-hydroxylation sites is 1. The first-order valence-corrected chi connectivity index (χ1v) is 45.6. The third kappa shape index (κ3) is 30.2. The maximum Gasteiger partial charge on any atom is 0.415 e. The van der Waals surface area contributed by atoms with E-state index in [1.54, 1.807) is 121 Å². The Bertz CT molecular complexity index is 5070. The van der Waals surface area contributed by atoms with Crippen LogP contribution in [0.3, 0.4) is 0 Å². The van der Waals surface area contributed by atoms with Crippen LogP contribution >= 0.6 is 46.6 Å². The number of amides is 7. The standard InChI is InChI=1S/C89H108N10O23S4/c1-51-52(2)82(114)80(53(3)81(51)113)89(4,5)47-77(108)98(6)29-30-99(88(118)122-61-22-23-65-73(44-61)126-87(96-65)86-97-76(49-125-86)121-50-100)31-33-120-35-34-119-32-26-75(107)93-67(45-78(109)110)72(105)43-58(39-55-18-20-60(101)21-19-55)85(117)94-64(28-37-124-8)69(102)24-25-74(106)92-66(40-59-48-91-63-17-13-12-16-62(59)63)70(103)41-56(27-36-123-7)84(116)95-68(46-79(111)112)71(104)42-57(83(90)115)38-54-14-10-9-11-15-54/h9-23,44,48,50,56-58,64,66-68,76,91,101H,24-43,45-47,49H2,1-8H3,(H2,90,115)(H,92,106)(H,93,107)(H,94,117)(H,95,116)(H,109,110)(H,111,112)/t56-,57-,58-,64+,66+,67+,68+,76?/m0/s1. The molecule has 0 radical (unpaired) electrons. The van der Waals surface area contributed by atoms with Crippen molar-refractivity contribution in [2.75, 3.05) is 82.9 Å². The van der Waals surface area contributed by atoms with E-state index in [2.05, 4.69) is 36.2 Å². The molecule has 0 saturated carbocycles. The summed E-state index contributed by atoms with van der Waals surface area (Å²) in [5.74, 6) is -13.0. The number of ether oxygens (including phenoxy) is 4. The second-order valence-electron chi connectivity index (χ2n) is 31.4. The van der Waals surface area contributed by atoms with E-state index >= 15 is 0 Å². The fourth-order valence-corrected chi connectivity index (χ4v) is 17.5. The number of phenolic OH excluding ortho intramolecular Hbond substituents is 1. The number of H-pyrrole nitrogens is 1. The average Bonchev–Trinajstić information content (AvgIpc) is 0.935. The molecule has 0 spiro atoms. The number of aromatic hydroxyl groups is 1. The molecule has 676 valence electrons. The molecule has 37 heteroatoms. The van der Waals surface area contributed by atoms with Gasteiger partial charge in [-0.1, -0.05) is 86.3 Å². The Hall–Kier alpha value is -11.3. The maximum atomic E-state index is 14.8. The summed E-state index contributed by atoms with van der Waals surface area (Å²) >= 11 is 5.38. The number of carbonyl (C=O) groups excluding carboxylic acids is 14. The van der Waals surface area contributed by atoms with Crippen LogP contribution in [0.1, 0.15) is 127 Å². The van der Waals surface area contributed by atoms with Gasteiger partial charge in [0.05, 0.1) is 79.4 Å². The highest BCUT2D eigenvalue weighted by atomic mass is 32.2. The molecule has 1 aliphatic heterocycles. The van der Waals surface area contributed by atoms with E-state index < -0.39 is 169 Å². The number of allylic oxidation sites excluding steroid dienone is 4. The lowest BCUT2D eigenvalue weighted by atomic mass is 9.71. The molecule has 2 aromatic heterocycles. The van der Waals surface area contributed by atoms with Crippen LogP contribution < -0.4 is 31.7 Å². The summed E-state index contributed by atoms with van der Waals surface area (Å²) in [5, 5.41) is 42.5. The van der Waals surface area contributed by atoms with Crippen LogP contribution in [0.25, 0.3) is 21.1 Å². The zero-order valence-corrected chi connectivity index (χ0v) is 74.8. The van der Waals surface area contributed by atoms with Crippen LogP contribution in [-0.4, -0.2) is 248 Å². The van der Waals surface area contributed by atoms with Crippen LogP contribution in [0.15, 0.2) is 131 Å². The van der Waals surface area contributed by atoms with Gasteiger partial charge in [0, 0.05) is 147 Å². The van der Waals surface area contributed by atoms with Crippen molar-refractivity contribution in [3.8, 4) is 11.5 Å². The summed E-state index contributed by atoms with van der Waals surface area (Å²) < 4.78 is 23.1. The molecule has 3 heterocycles. The highest BCUT2D eigenvalue weighted by Gasteiger charge is 2.41. The van der Waals surface area contributed by atoms with Gasteiger partial charge in [-0.15, -0.1) is 11.3 Å². The van der Waals surface area contributed by atoms with Gasteiger partial charge < -0.3 is 76.1 Å². The number of Topliss-reactive ketones (excluding diaryl/α,β-unsaturated/α-hetero) is 6. The van der Waals surface area contributed by atoms with Crippen LogP contribution in [-0.2, 0) is 105 Å². The van der Waals surface area contributed by atoms with Crippen molar-refractivity contribution in [1.29, 1.82) is 0 Å². The average molecular weight is 1810 g/mol. The van der Waals surface area contributed by atoms with Crippen LogP contribution in [0, 0.1) is 23.2 Å². The van der Waals surface area contributed by atoms with Crippen molar-refractivity contribution in [1.82, 2.24) is 41.0 Å². The number of phenols is 1. The van der Waals surface area contributed by atoms with Gasteiger partial charge in [-0.05, 0) is 117 Å². The Morgan fingerprint density at radius 2 is 1.22 bits per heavy atom. The quantitative estimate of drug-likeness (QED) is 0.00989. The summed E-state index contributed by atoms with van der Waals surface area (Å²) in [4.78, 5) is 232. The second-order valence-corrected chi connectivity index (χ2v) is 35.4. The number of hydrogen-bond donors (Lipinski definition) is 9. The largest absolute Gasteiger partial charge is 0.508 e. The minimum atomic E-state index is -1.66. The highest BCUT2D eigenvalue weighted by molar-refractivity contribution is 8.15. The highest BCUT2D eigenvalue weighted by Crippen LogP contribution is 2.40. The van der Waals surface area contributed by atoms with E-state index in [1.165, 1.54) is 80.7 Å². The van der Waals surface area contributed by atoms with Crippen LogP contribution in [0.2, 0.25) is 0 Å². The summed E-state index contributed by atoms with van der Waals surface area (Å²) in [6, 6.07) is 20.7. The number of benzene rings is 4. The first-order valence-electron chi connectivity index (χ1n) is 41.0. The lowest BCUT2D eigenvalue weighted by Crippen LogP contribution is -2.48. The van der Waals surface area contributed by atoms with Gasteiger partial charge >= 0.3 is 18.0 Å². The molecule has 0 fully saturated rings. The minimum Gasteiger partial charge on any atom is -0.508 e. The number of rotatable bonds is 55. The monoisotopic (exact) mass is 1810 g/mol. The van der Waals surface area contributed by atoms with Crippen molar-refractivity contribution in [2.45, 2.75) is 155 Å². The molecular formula is C89H108N10O23S4. The zero-order valence-electron chi connectivity index (χ0n) is 71.5. The summed E-state index contributed by atoms with van der Waals surface area (Å²) in [6.07, 6.45) is -1.16. The van der Waals surface area contributed by atoms with Gasteiger partial charge in [0.1, 0.15) is 21.6 Å². The molecule has 1 unspecified atom stereocenters. The number of ketones is 6. The number of likely N-dealkylation sites (N-methyl/N-ethyl adjacent to an activating group) is 1. The number of nitrogens with zero attached hydrogens (tertiary/aromatic N) is 4. The third-order valence-electron chi connectivity index (χ3n) is 21.6. The first-order chi connectivity index (χ1) is 60.1. The number of carbonyl (C=O) groups is 16. The number of aliphatic imine (C=N–C) groups is 1. The van der Waals surface area contributed by atoms with Crippen molar-refractivity contribution in [2.24, 2.45) is 33.9 Å². The molecule has 126 heavy (non-hydrogen) atoms. The number of fused-ring (bicyclic) bond motifs is 2. The minimum absolute atomic E-state index is 0.00495. The molecule has 7 amide bonds. The van der Waals surface area contributed by atoms with E-state index in [4.69, 9.17) is 24.7 Å². The van der Waals surface area contributed by atoms with Crippen LogP contribution in [0.4, 0.5) is 4.79 Å². The van der Waals surface area contributed by atoms with Crippen molar-refractivity contribution >= 4 is 167 Å². The first kappa shape index (κ1) is 100. The predicted octanol–water partition coefficient (Wildman–Crippen LogP) is 8.06. The van der Waals surface area contributed by atoms with Gasteiger partial charge in [-0.2, -0.15) is 23.5 Å². The number of carboxylic acid groups (broad SMARTS) is 2. The summed E-state index contributed by atoms with van der Waals surface area (Å²) in [6.45, 7) is 7.96. The number of primary amides is 1. The Morgan fingerprint density at radius 1 is 0.635 bits per heavy atom. The Morgan fingerprint density at radius 3 is 1.90 bits per heavy atom. The number of carboxylic acids is 2. The van der Waals surface area contributed by atoms with E-state index in [9.17, 15) is 92.0 Å². The number of aliphatic carboxylic acids is 2. The normalized spacial score (nSPS) is 15.1. The van der Waals surface area contributed by atoms with Gasteiger partial charge in [0.15, 0.2) is 34.7 Å². The van der Waals surface area contributed by atoms with Gasteiger partial charge in [-0.25, -0.2) is 14.8 Å². The van der Waals surface area contributed by atoms with Crippen molar-refractivity contribution < 1.29 is 111 Å². The van der Waals surface area contributed by atoms with E-state index in [-0.39, 0.29) is 131 Å². The number of nitrogens with one attached hydrogen (secondary N) is 5. The van der Waals surface area contributed by atoms with Gasteiger partial charge in [0.2, 0.25) is 41.7 Å². The molecule has 4 aromatic carbocycles. The predicted molar refractivity (Wildman–Crippen MR) is 475 cm³/mol. The number of hydrogen-bond acceptors (Lipinski definition) is 27. The fraction of sp³-hybridized carbons (Fsp3) is 0.461. The van der Waals surface area contributed by atoms with E-state index in [0.717, 1.165) is 5.39 Å². The molecule has 0 bridgehead atoms.